The Morgan fingerprint density at radius 3 is 2.31 bits per heavy atom. The number of halogens is 3. The van der Waals surface area contributed by atoms with Crippen LogP contribution in [0, 0.1) is 23.6 Å². The van der Waals surface area contributed by atoms with E-state index in [2.05, 4.69) is 12.0 Å². The molecule has 0 bridgehead atoms. The molecule has 2 aliphatic carbocycles. The van der Waals surface area contributed by atoms with Crippen molar-refractivity contribution >= 4 is 34.9 Å². The summed E-state index contributed by atoms with van der Waals surface area (Å²) < 4.78 is 15.6. The predicted octanol–water partition coefficient (Wildman–Crippen LogP) is 6.32. The number of carbonyl (C=O) groups is 2. The lowest BCUT2D eigenvalue weighted by atomic mass is 9.71. The molecule has 0 spiro atoms. The van der Waals surface area contributed by atoms with E-state index in [0.29, 0.717) is 12.1 Å². The first-order chi connectivity index (χ1) is 16.8. The van der Waals surface area contributed by atoms with Crippen LogP contribution in [0.25, 0.3) is 0 Å². The first-order valence-electron chi connectivity index (χ1n) is 12.5. The average molecular weight is 538 g/mol. The van der Waals surface area contributed by atoms with Crippen LogP contribution in [0.4, 0.5) is 4.39 Å². The second kappa shape index (κ2) is 10.1. The van der Waals surface area contributed by atoms with Crippen molar-refractivity contribution in [1.29, 1.82) is 0 Å². The summed E-state index contributed by atoms with van der Waals surface area (Å²) in [5, 5.41) is 15.6. The zero-order valence-electron chi connectivity index (χ0n) is 21.3. The van der Waals surface area contributed by atoms with Gasteiger partial charge in [0.2, 0.25) is 0 Å². The van der Waals surface area contributed by atoms with Gasteiger partial charge in [-0.3, -0.25) is 14.3 Å². The summed E-state index contributed by atoms with van der Waals surface area (Å²) in [7, 11) is 0. The topological polar surface area (TPSA) is 75.4 Å². The maximum atomic E-state index is 13.7. The van der Waals surface area contributed by atoms with Gasteiger partial charge in [0.05, 0.1) is 40.5 Å². The minimum atomic E-state index is -1.17. The third kappa shape index (κ3) is 5.48. The van der Waals surface area contributed by atoms with Gasteiger partial charge < -0.3 is 10.0 Å². The number of amides is 1. The lowest BCUT2D eigenvalue weighted by molar-refractivity contribution is -0.127. The molecule has 2 fully saturated rings. The first-order valence-corrected chi connectivity index (χ1v) is 13.3. The van der Waals surface area contributed by atoms with Gasteiger partial charge in [-0.05, 0) is 69.9 Å². The Bertz CT molecular complexity index is 1150. The number of carbonyl (C=O) groups excluding carboxylic acids is 2. The van der Waals surface area contributed by atoms with E-state index in [1.54, 1.807) is 18.0 Å². The number of aromatic nitrogens is 2. The van der Waals surface area contributed by atoms with Crippen LogP contribution in [0.3, 0.4) is 0 Å². The molecule has 2 aromatic rings. The van der Waals surface area contributed by atoms with Crippen LogP contribution in [0.15, 0.2) is 18.3 Å². The van der Waals surface area contributed by atoms with Crippen molar-refractivity contribution in [3.63, 3.8) is 0 Å². The number of hydrogen-bond donors (Lipinski definition) is 1. The SMILES string of the molecule is CC(=O)C1(C)CCC(n2ncc(C(=O)N(CC(O)c3c(Cl)cc(F)cc3Cl)CC3(C)CC3)c2C)CC1. The Hall–Kier alpha value is -1.96. The third-order valence-electron chi connectivity index (χ3n) is 8.26. The largest absolute Gasteiger partial charge is 0.386 e. The second-order valence-electron chi connectivity index (χ2n) is 11.2. The third-order valence-corrected chi connectivity index (χ3v) is 8.89. The van der Waals surface area contributed by atoms with Crippen molar-refractivity contribution in [2.24, 2.45) is 10.8 Å². The standard InChI is InChI=1S/C27H34Cl2FN3O3/c1-16-20(13-31-33(16)19-5-7-27(4,8-6-19)17(2)34)25(36)32(15-26(3)9-10-26)14-23(35)24-21(28)11-18(30)12-22(24)29/h11-13,19,23,35H,5-10,14-15H2,1-4H3. The molecule has 0 radical (unpaired) electrons. The number of rotatable bonds is 8. The molecule has 1 amide bonds. The highest BCUT2D eigenvalue weighted by Crippen LogP contribution is 2.46. The first kappa shape index (κ1) is 27.1. The molecular formula is C27H34Cl2FN3O3. The van der Waals surface area contributed by atoms with Crippen molar-refractivity contribution in [2.45, 2.75) is 78.4 Å². The highest BCUT2D eigenvalue weighted by atomic mass is 35.5. The van der Waals surface area contributed by atoms with E-state index in [-0.39, 0.29) is 50.7 Å². The van der Waals surface area contributed by atoms with E-state index in [4.69, 9.17) is 23.2 Å². The van der Waals surface area contributed by atoms with E-state index in [0.717, 1.165) is 56.4 Å². The van der Waals surface area contributed by atoms with Crippen LogP contribution >= 0.6 is 23.2 Å². The predicted molar refractivity (Wildman–Crippen MR) is 138 cm³/mol. The number of hydrogen-bond acceptors (Lipinski definition) is 4. The minimum absolute atomic E-state index is 0.00379. The smallest absolute Gasteiger partial charge is 0.257 e. The Morgan fingerprint density at radius 1 is 1.19 bits per heavy atom. The van der Waals surface area contributed by atoms with Gasteiger partial charge in [-0.2, -0.15) is 5.10 Å². The molecule has 0 saturated heterocycles. The monoisotopic (exact) mass is 537 g/mol. The fraction of sp³-hybridized carbons (Fsp3) is 0.593. The fourth-order valence-electron chi connectivity index (χ4n) is 5.23. The molecular weight excluding hydrogens is 504 g/mol. The fourth-order valence-corrected chi connectivity index (χ4v) is 5.94. The molecule has 196 valence electrons. The molecule has 0 aliphatic heterocycles. The Labute approximate surface area is 221 Å². The normalized spacial score (nSPS) is 23.8. The van der Waals surface area contributed by atoms with Gasteiger partial charge in [-0.25, -0.2) is 4.39 Å². The zero-order valence-corrected chi connectivity index (χ0v) is 22.8. The summed E-state index contributed by atoms with van der Waals surface area (Å²) in [6.07, 6.45) is 5.68. The van der Waals surface area contributed by atoms with Gasteiger partial charge in [0.1, 0.15) is 11.6 Å². The van der Waals surface area contributed by atoms with Crippen LogP contribution < -0.4 is 0 Å². The van der Waals surface area contributed by atoms with Gasteiger partial charge in [0.25, 0.3) is 5.91 Å². The van der Waals surface area contributed by atoms with Crippen LogP contribution in [0.1, 0.15) is 93.1 Å². The summed E-state index contributed by atoms with van der Waals surface area (Å²) in [5.41, 5.74) is 1.18. The molecule has 2 aliphatic rings. The molecule has 9 heteroatoms. The Kier molecular flexibility index (Phi) is 7.58. The number of nitrogens with zero attached hydrogens (tertiary/aromatic N) is 3. The summed E-state index contributed by atoms with van der Waals surface area (Å²) >= 11 is 12.4. The quantitative estimate of drug-likeness (QED) is 0.427. The van der Waals surface area contributed by atoms with Gasteiger partial charge in [0, 0.05) is 23.2 Å². The number of benzene rings is 1. The molecule has 1 aromatic carbocycles. The maximum absolute atomic E-state index is 13.7. The van der Waals surface area contributed by atoms with Crippen molar-refractivity contribution in [2.75, 3.05) is 13.1 Å². The molecule has 1 heterocycles. The summed E-state index contributed by atoms with van der Waals surface area (Å²) in [5.74, 6) is -0.587. The van der Waals surface area contributed by atoms with Gasteiger partial charge in [-0.1, -0.05) is 37.0 Å². The maximum Gasteiger partial charge on any atom is 0.257 e. The Balaban J connectivity index is 1.55. The number of aliphatic hydroxyl groups is 1. The van der Waals surface area contributed by atoms with Crippen molar-refractivity contribution in [1.82, 2.24) is 14.7 Å². The molecule has 6 nitrogen and oxygen atoms in total. The summed E-state index contributed by atoms with van der Waals surface area (Å²) in [4.78, 5) is 27.4. The van der Waals surface area contributed by atoms with E-state index in [9.17, 15) is 19.1 Å². The van der Waals surface area contributed by atoms with E-state index in [1.165, 1.54) is 0 Å². The zero-order chi connectivity index (χ0) is 26.4. The van der Waals surface area contributed by atoms with Gasteiger partial charge in [-0.15, -0.1) is 0 Å². The average Bonchev–Trinajstić information content (AvgIpc) is 3.39. The van der Waals surface area contributed by atoms with Crippen molar-refractivity contribution in [3.8, 4) is 0 Å². The molecule has 4 rings (SSSR count). The molecule has 1 N–H and O–H groups in total. The van der Waals surface area contributed by atoms with Crippen LogP contribution in [0.5, 0.6) is 0 Å². The highest BCUT2D eigenvalue weighted by molar-refractivity contribution is 6.36. The van der Waals surface area contributed by atoms with Crippen LogP contribution in [-0.4, -0.2) is 44.6 Å². The molecule has 36 heavy (non-hydrogen) atoms. The summed E-state index contributed by atoms with van der Waals surface area (Å²) in [6, 6.07) is 2.35. The molecule has 1 aromatic heterocycles. The lowest BCUT2D eigenvalue weighted by Gasteiger charge is -2.35. The van der Waals surface area contributed by atoms with Gasteiger partial charge >= 0.3 is 0 Å². The number of ketones is 1. The van der Waals surface area contributed by atoms with Crippen molar-refractivity contribution in [3.05, 3.63) is 51.0 Å². The molecule has 2 saturated carbocycles. The van der Waals surface area contributed by atoms with Crippen molar-refractivity contribution < 1.29 is 19.1 Å². The highest BCUT2D eigenvalue weighted by Gasteiger charge is 2.41. The summed E-state index contributed by atoms with van der Waals surface area (Å²) in [6.45, 7) is 8.14. The van der Waals surface area contributed by atoms with Crippen LogP contribution in [-0.2, 0) is 4.79 Å². The number of aliphatic hydroxyl groups excluding tert-OH is 1. The van der Waals surface area contributed by atoms with Gasteiger partial charge in [0.15, 0.2) is 0 Å². The molecule has 1 atom stereocenters. The van der Waals surface area contributed by atoms with E-state index < -0.39 is 11.9 Å². The van der Waals surface area contributed by atoms with Crippen LogP contribution in [0.2, 0.25) is 10.0 Å². The van der Waals surface area contributed by atoms with E-state index in [1.807, 2.05) is 18.5 Å². The minimum Gasteiger partial charge on any atom is -0.386 e. The Morgan fingerprint density at radius 2 is 1.78 bits per heavy atom. The van der Waals surface area contributed by atoms with E-state index >= 15 is 0 Å². The molecule has 1 unspecified atom stereocenters. The lowest BCUT2D eigenvalue weighted by Crippen LogP contribution is -2.39. The number of Topliss-reactive ketones (excluding diaryl/α,β-unsaturated/α-hetero) is 1. The second-order valence-corrected chi connectivity index (χ2v) is 12.0.